The normalized spacial score (nSPS) is 16.8. The first-order valence-electron chi connectivity index (χ1n) is 9.01. The zero-order chi connectivity index (χ0) is 17.4. The fourth-order valence-corrected chi connectivity index (χ4v) is 3.93. The Morgan fingerprint density at radius 2 is 2.20 bits per heavy atom. The number of H-pyrrole nitrogens is 1. The summed E-state index contributed by atoms with van der Waals surface area (Å²) < 4.78 is 1.91. The molecule has 1 atom stereocenters. The van der Waals surface area contributed by atoms with Crippen molar-refractivity contribution in [1.82, 2.24) is 20.1 Å². The van der Waals surface area contributed by atoms with E-state index in [1.165, 1.54) is 16.6 Å². The summed E-state index contributed by atoms with van der Waals surface area (Å²) in [5.74, 6) is 0.0871. The van der Waals surface area contributed by atoms with Gasteiger partial charge in [-0.05, 0) is 50.8 Å². The quantitative estimate of drug-likeness (QED) is 0.765. The molecule has 1 aliphatic rings. The molecule has 5 nitrogen and oxygen atoms in total. The Bertz CT molecular complexity index is 921. The van der Waals surface area contributed by atoms with E-state index >= 15 is 0 Å². The zero-order valence-electron chi connectivity index (χ0n) is 14.8. The van der Waals surface area contributed by atoms with Crippen molar-refractivity contribution in [3.8, 4) is 0 Å². The first-order valence-corrected chi connectivity index (χ1v) is 9.01. The summed E-state index contributed by atoms with van der Waals surface area (Å²) in [6, 6.07) is 10.5. The summed E-state index contributed by atoms with van der Waals surface area (Å²) >= 11 is 0. The second-order valence-corrected chi connectivity index (χ2v) is 6.98. The molecule has 1 aromatic carbocycles. The molecular weight excluding hydrogens is 312 g/mol. The average molecular weight is 336 g/mol. The van der Waals surface area contributed by atoms with Crippen molar-refractivity contribution >= 4 is 16.8 Å². The summed E-state index contributed by atoms with van der Waals surface area (Å²) in [7, 11) is 0. The van der Waals surface area contributed by atoms with E-state index in [0.717, 1.165) is 36.2 Å². The van der Waals surface area contributed by atoms with Crippen LogP contribution in [0.25, 0.3) is 10.9 Å². The molecule has 0 spiro atoms. The standard InChI is InChI=1S/C20H24N4O/c1-13-12-14(2)24(23-13)11-10-19(25)21-18-9-5-7-16-15-6-3-4-8-17(15)22-20(16)18/h3-4,6,8,12,18,22H,5,7,9-11H2,1-2H3,(H,21,25). The number of para-hydroxylation sites is 1. The van der Waals surface area contributed by atoms with Crippen LogP contribution in [0.2, 0.25) is 0 Å². The highest BCUT2D eigenvalue weighted by Crippen LogP contribution is 2.34. The minimum atomic E-state index is 0.0871. The number of fused-ring (bicyclic) bond motifs is 3. The van der Waals surface area contributed by atoms with E-state index in [1.54, 1.807) is 0 Å². The van der Waals surface area contributed by atoms with Crippen LogP contribution in [0.3, 0.4) is 0 Å². The van der Waals surface area contributed by atoms with Gasteiger partial charge in [-0.25, -0.2) is 0 Å². The third kappa shape index (κ3) is 3.06. The van der Waals surface area contributed by atoms with Gasteiger partial charge in [0.1, 0.15) is 0 Å². The van der Waals surface area contributed by atoms with Crippen molar-refractivity contribution in [3.63, 3.8) is 0 Å². The average Bonchev–Trinajstić information content (AvgIpc) is 3.13. The second kappa shape index (κ2) is 6.39. The highest BCUT2D eigenvalue weighted by atomic mass is 16.1. The van der Waals surface area contributed by atoms with E-state index in [-0.39, 0.29) is 11.9 Å². The van der Waals surface area contributed by atoms with E-state index in [9.17, 15) is 4.79 Å². The summed E-state index contributed by atoms with van der Waals surface area (Å²) in [5, 5.41) is 8.94. The lowest BCUT2D eigenvalue weighted by Crippen LogP contribution is -2.31. The van der Waals surface area contributed by atoms with Crippen LogP contribution in [0.5, 0.6) is 0 Å². The SMILES string of the molecule is Cc1cc(C)n(CCC(=O)NC2CCCc3c2[nH]c2ccccc32)n1. The Morgan fingerprint density at radius 1 is 1.36 bits per heavy atom. The zero-order valence-corrected chi connectivity index (χ0v) is 14.8. The molecule has 0 bridgehead atoms. The van der Waals surface area contributed by atoms with Gasteiger partial charge >= 0.3 is 0 Å². The first kappa shape index (κ1) is 15.9. The van der Waals surface area contributed by atoms with Crippen LogP contribution in [0.4, 0.5) is 0 Å². The molecule has 0 radical (unpaired) electrons. The minimum absolute atomic E-state index is 0.0871. The number of benzene rings is 1. The number of amides is 1. The van der Waals surface area contributed by atoms with Crippen molar-refractivity contribution < 1.29 is 4.79 Å². The molecule has 4 rings (SSSR count). The summed E-state index contributed by atoms with van der Waals surface area (Å²) in [6.07, 6.45) is 3.63. The van der Waals surface area contributed by atoms with Crippen molar-refractivity contribution in [2.24, 2.45) is 0 Å². The molecule has 0 aliphatic heterocycles. The lowest BCUT2D eigenvalue weighted by atomic mass is 9.91. The van der Waals surface area contributed by atoms with Gasteiger partial charge in [0.15, 0.2) is 0 Å². The molecule has 2 aromatic heterocycles. The molecule has 0 fully saturated rings. The van der Waals surface area contributed by atoms with Crippen LogP contribution in [-0.4, -0.2) is 20.7 Å². The van der Waals surface area contributed by atoms with E-state index in [2.05, 4.69) is 33.6 Å². The van der Waals surface area contributed by atoms with Gasteiger partial charge in [0, 0.05) is 35.3 Å². The van der Waals surface area contributed by atoms with Gasteiger partial charge in [-0.1, -0.05) is 18.2 Å². The Morgan fingerprint density at radius 3 is 3.00 bits per heavy atom. The number of nitrogens with one attached hydrogen (secondary N) is 2. The third-order valence-electron chi connectivity index (χ3n) is 5.10. The highest BCUT2D eigenvalue weighted by Gasteiger charge is 2.25. The number of hydrogen-bond donors (Lipinski definition) is 2. The smallest absolute Gasteiger partial charge is 0.222 e. The van der Waals surface area contributed by atoms with Crippen molar-refractivity contribution in [1.29, 1.82) is 0 Å². The van der Waals surface area contributed by atoms with Crippen LogP contribution in [0.1, 0.15) is 47.9 Å². The number of carbonyl (C=O) groups is 1. The molecule has 0 saturated heterocycles. The Balaban J connectivity index is 1.46. The number of aromatic nitrogens is 3. The number of nitrogens with zero attached hydrogens (tertiary/aromatic N) is 2. The predicted octanol–water partition coefficient (Wildman–Crippen LogP) is 3.57. The highest BCUT2D eigenvalue weighted by molar-refractivity contribution is 5.85. The molecule has 3 aromatic rings. The summed E-state index contributed by atoms with van der Waals surface area (Å²) in [5.41, 5.74) is 5.81. The molecule has 1 aliphatic carbocycles. The van der Waals surface area contributed by atoms with Crippen molar-refractivity contribution in [2.45, 2.75) is 52.1 Å². The maximum Gasteiger partial charge on any atom is 0.222 e. The van der Waals surface area contributed by atoms with Crippen LogP contribution < -0.4 is 5.32 Å². The number of aromatic amines is 1. The molecule has 5 heteroatoms. The maximum absolute atomic E-state index is 12.5. The van der Waals surface area contributed by atoms with E-state index in [4.69, 9.17) is 0 Å². The number of hydrogen-bond acceptors (Lipinski definition) is 2. The van der Waals surface area contributed by atoms with Gasteiger partial charge in [0.05, 0.1) is 11.7 Å². The molecule has 130 valence electrons. The largest absolute Gasteiger partial charge is 0.356 e. The lowest BCUT2D eigenvalue weighted by molar-refractivity contribution is -0.122. The van der Waals surface area contributed by atoms with Crippen molar-refractivity contribution in [2.75, 3.05) is 0 Å². The van der Waals surface area contributed by atoms with Crippen LogP contribution in [0, 0.1) is 13.8 Å². The van der Waals surface area contributed by atoms with Gasteiger partial charge in [-0.15, -0.1) is 0 Å². The molecule has 1 unspecified atom stereocenters. The van der Waals surface area contributed by atoms with Crippen LogP contribution >= 0.6 is 0 Å². The van der Waals surface area contributed by atoms with Gasteiger partial charge in [-0.2, -0.15) is 5.10 Å². The Labute approximate surface area is 147 Å². The molecule has 1 amide bonds. The Hall–Kier alpha value is -2.56. The number of aryl methyl sites for hydroxylation is 4. The first-order chi connectivity index (χ1) is 12.1. The van der Waals surface area contributed by atoms with Gasteiger partial charge in [0.25, 0.3) is 0 Å². The molecule has 2 N–H and O–H groups in total. The molecule has 0 saturated carbocycles. The van der Waals surface area contributed by atoms with Gasteiger partial charge in [0.2, 0.25) is 5.91 Å². The van der Waals surface area contributed by atoms with Crippen LogP contribution in [-0.2, 0) is 17.8 Å². The topological polar surface area (TPSA) is 62.7 Å². The fraction of sp³-hybridized carbons (Fsp3) is 0.400. The maximum atomic E-state index is 12.5. The number of carbonyl (C=O) groups excluding carboxylic acids is 1. The van der Waals surface area contributed by atoms with Gasteiger partial charge in [-0.3, -0.25) is 9.48 Å². The summed E-state index contributed by atoms with van der Waals surface area (Å²) in [4.78, 5) is 16.0. The molecular formula is C20H24N4O. The second-order valence-electron chi connectivity index (χ2n) is 6.98. The monoisotopic (exact) mass is 336 g/mol. The Kier molecular flexibility index (Phi) is 4.07. The van der Waals surface area contributed by atoms with Gasteiger partial charge < -0.3 is 10.3 Å². The third-order valence-corrected chi connectivity index (χ3v) is 5.10. The molecule has 2 heterocycles. The van der Waals surface area contributed by atoms with E-state index in [1.807, 2.05) is 30.7 Å². The van der Waals surface area contributed by atoms with Crippen LogP contribution in [0.15, 0.2) is 30.3 Å². The lowest BCUT2D eigenvalue weighted by Gasteiger charge is -2.24. The van der Waals surface area contributed by atoms with Crippen molar-refractivity contribution in [3.05, 3.63) is 53.0 Å². The van der Waals surface area contributed by atoms with E-state index in [0.29, 0.717) is 13.0 Å². The molecule has 25 heavy (non-hydrogen) atoms. The van der Waals surface area contributed by atoms with E-state index < -0.39 is 0 Å². The predicted molar refractivity (Wildman–Crippen MR) is 98.4 cm³/mol. The fourth-order valence-electron chi connectivity index (χ4n) is 3.93. The summed E-state index contributed by atoms with van der Waals surface area (Å²) in [6.45, 7) is 4.62. The number of rotatable bonds is 4. The minimum Gasteiger partial charge on any atom is -0.356 e.